The van der Waals surface area contributed by atoms with Gasteiger partial charge in [0.1, 0.15) is 0 Å². The normalized spacial score (nSPS) is 28.3. The van der Waals surface area contributed by atoms with E-state index in [1.807, 2.05) is 0 Å². The summed E-state index contributed by atoms with van der Waals surface area (Å²) in [6.07, 6.45) is 3.84. The molecule has 1 aliphatic carbocycles. The first kappa shape index (κ1) is 8.77. The van der Waals surface area contributed by atoms with Crippen LogP contribution in [0.15, 0.2) is 12.2 Å². The van der Waals surface area contributed by atoms with Gasteiger partial charge in [0.25, 0.3) is 0 Å². The van der Waals surface area contributed by atoms with Crippen molar-refractivity contribution < 1.29 is 19.8 Å². The largest absolute Gasteiger partial charge is 0.481 e. The topological polar surface area (TPSA) is 74.6 Å². The van der Waals surface area contributed by atoms with Gasteiger partial charge in [-0.05, 0) is 12.8 Å². The van der Waals surface area contributed by atoms with Gasteiger partial charge < -0.3 is 10.2 Å². The van der Waals surface area contributed by atoms with E-state index >= 15 is 0 Å². The van der Waals surface area contributed by atoms with E-state index in [0.717, 1.165) is 0 Å². The second kappa shape index (κ2) is 3.38. The molecule has 0 fully saturated rings. The minimum atomic E-state index is -0.947. The van der Waals surface area contributed by atoms with Gasteiger partial charge >= 0.3 is 11.9 Å². The summed E-state index contributed by atoms with van der Waals surface area (Å²) < 4.78 is 0. The number of allylic oxidation sites excluding steroid dienone is 1. The third-order valence-electron chi connectivity index (χ3n) is 1.99. The Kier molecular flexibility index (Phi) is 2.47. The molecular formula is C8H10O4. The van der Waals surface area contributed by atoms with E-state index in [-0.39, 0.29) is 6.42 Å². The Hall–Kier alpha value is -1.32. The standard InChI is InChI=1S/C8H10O4/c9-7(10)5-2-1-3-6(4-5)8(11)12/h1-2,5-6H,3-4H2,(H,9,10)(H,11,12). The number of rotatable bonds is 2. The van der Waals surface area contributed by atoms with Crippen molar-refractivity contribution in [2.75, 3.05) is 0 Å². The van der Waals surface area contributed by atoms with Crippen LogP contribution < -0.4 is 0 Å². The van der Waals surface area contributed by atoms with Gasteiger partial charge in [0.15, 0.2) is 0 Å². The zero-order valence-corrected chi connectivity index (χ0v) is 6.43. The van der Waals surface area contributed by atoms with Crippen LogP contribution in [-0.4, -0.2) is 22.2 Å². The zero-order chi connectivity index (χ0) is 9.14. The summed E-state index contributed by atoms with van der Waals surface area (Å²) in [5, 5.41) is 17.2. The molecule has 0 radical (unpaired) electrons. The summed E-state index contributed by atoms with van der Waals surface area (Å²) in [4.78, 5) is 21.0. The predicted molar refractivity (Wildman–Crippen MR) is 40.6 cm³/mol. The molecule has 0 saturated heterocycles. The Morgan fingerprint density at radius 1 is 1.25 bits per heavy atom. The number of carboxylic acids is 2. The van der Waals surface area contributed by atoms with Crippen molar-refractivity contribution in [3.8, 4) is 0 Å². The van der Waals surface area contributed by atoms with Gasteiger partial charge in [0, 0.05) is 0 Å². The molecule has 0 aromatic heterocycles. The molecule has 0 saturated carbocycles. The van der Waals surface area contributed by atoms with Crippen LogP contribution in [0, 0.1) is 11.8 Å². The van der Waals surface area contributed by atoms with Crippen molar-refractivity contribution >= 4 is 11.9 Å². The lowest BCUT2D eigenvalue weighted by atomic mass is 9.87. The molecule has 1 rings (SSSR count). The molecule has 2 atom stereocenters. The highest BCUT2D eigenvalue weighted by molar-refractivity contribution is 5.76. The van der Waals surface area contributed by atoms with E-state index in [0.29, 0.717) is 6.42 Å². The molecule has 0 aromatic rings. The molecule has 1 aliphatic rings. The van der Waals surface area contributed by atoms with Gasteiger partial charge in [-0.25, -0.2) is 0 Å². The maximum atomic E-state index is 10.5. The lowest BCUT2D eigenvalue weighted by Gasteiger charge is -2.17. The monoisotopic (exact) mass is 170 g/mol. The van der Waals surface area contributed by atoms with Crippen molar-refractivity contribution in [3.05, 3.63) is 12.2 Å². The van der Waals surface area contributed by atoms with Crippen LogP contribution in [0.4, 0.5) is 0 Å². The summed E-state index contributed by atoms with van der Waals surface area (Å²) in [7, 11) is 0. The lowest BCUT2D eigenvalue weighted by Crippen LogP contribution is -2.23. The Morgan fingerprint density at radius 2 is 1.92 bits per heavy atom. The minimum absolute atomic E-state index is 0.209. The predicted octanol–water partition coefficient (Wildman–Crippen LogP) is 0.738. The average Bonchev–Trinajstić information content (AvgIpc) is 2.04. The van der Waals surface area contributed by atoms with E-state index in [4.69, 9.17) is 10.2 Å². The summed E-state index contributed by atoms with van der Waals surface area (Å²) >= 11 is 0. The second-order valence-electron chi connectivity index (χ2n) is 2.88. The third kappa shape index (κ3) is 1.84. The molecule has 12 heavy (non-hydrogen) atoms. The molecule has 4 heteroatoms. The summed E-state index contributed by atoms with van der Waals surface area (Å²) in [5.41, 5.74) is 0. The molecular weight excluding hydrogens is 160 g/mol. The Balaban J connectivity index is 2.63. The fourth-order valence-electron chi connectivity index (χ4n) is 1.27. The first-order valence-corrected chi connectivity index (χ1v) is 3.73. The van der Waals surface area contributed by atoms with Crippen LogP contribution >= 0.6 is 0 Å². The maximum Gasteiger partial charge on any atom is 0.310 e. The van der Waals surface area contributed by atoms with Crippen molar-refractivity contribution in [3.63, 3.8) is 0 Å². The van der Waals surface area contributed by atoms with E-state index in [2.05, 4.69) is 0 Å². The molecule has 2 unspecified atom stereocenters. The molecule has 0 amide bonds. The van der Waals surface area contributed by atoms with Crippen LogP contribution in [0.25, 0.3) is 0 Å². The maximum absolute atomic E-state index is 10.5. The fourth-order valence-corrected chi connectivity index (χ4v) is 1.27. The number of carbonyl (C=O) groups is 2. The zero-order valence-electron chi connectivity index (χ0n) is 6.43. The van der Waals surface area contributed by atoms with Gasteiger partial charge in [-0.2, -0.15) is 0 Å². The Bertz CT molecular complexity index is 231. The van der Waals surface area contributed by atoms with Crippen molar-refractivity contribution in [1.82, 2.24) is 0 Å². The molecule has 0 aliphatic heterocycles. The second-order valence-corrected chi connectivity index (χ2v) is 2.88. The van der Waals surface area contributed by atoms with Crippen LogP contribution in [-0.2, 0) is 9.59 Å². The van der Waals surface area contributed by atoms with Crippen molar-refractivity contribution in [2.45, 2.75) is 12.8 Å². The van der Waals surface area contributed by atoms with Gasteiger partial charge in [-0.15, -0.1) is 0 Å². The van der Waals surface area contributed by atoms with Gasteiger partial charge in [0.2, 0.25) is 0 Å². The lowest BCUT2D eigenvalue weighted by molar-refractivity contribution is -0.144. The van der Waals surface area contributed by atoms with Gasteiger partial charge in [-0.3, -0.25) is 9.59 Å². The number of hydrogen-bond acceptors (Lipinski definition) is 2. The van der Waals surface area contributed by atoms with Crippen LogP contribution in [0.3, 0.4) is 0 Å². The molecule has 66 valence electrons. The van der Waals surface area contributed by atoms with Crippen LogP contribution in [0.1, 0.15) is 12.8 Å². The Labute approximate surface area is 69.5 Å². The first-order valence-electron chi connectivity index (χ1n) is 3.73. The number of aliphatic carboxylic acids is 2. The minimum Gasteiger partial charge on any atom is -0.481 e. The number of carboxylic acid groups (broad SMARTS) is 2. The van der Waals surface area contributed by atoms with Crippen LogP contribution in [0.2, 0.25) is 0 Å². The number of hydrogen-bond donors (Lipinski definition) is 2. The highest BCUT2D eigenvalue weighted by Crippen LogP contribution is 2.23. The summed E-state index contributed by atoms with van der Waals surface area (Å²) in [6.45, 7) is 0. The molecule has 0 bridgehead atoms. The average molecular weight is 170 g/mol. The van der Waals surface area contributed by atoms with Crippen molar-refractivity contribution in [2.24, 2.45) is 11.8 Å². The van der Waals surface area contributed by atoms with Gasteiger partial charge in [-0.1, -0.05) is 12.2 Å². The SMILES string of the molecule is O=C(O)C1C=CCC(C(=O)O)C1. The highest BCUT2D eigenvalue weighted by atomic mass is 16.4. The molecule has 0 heterocycles. The molecule has 0 aromatic carbocycles. The van der Waals surface area contributed by atoms with Crippen LogP contribution in [0.5, 0.6) is 0 Å². The van der Waals surface area contributed by atoms with E-state index in [1.54, 1.807) is 12.2 Å². The fraction of sp³-hybridized carbons (Fsp3) is 0.500. The quantitative estimate of drug-likeness (QED) is 0.599. The van der Waals surface area contributed by atoms with E-state index in [9.17, 15) is 9.59 Å². The Morgan fingerprint density at radius 3 is 2.42 bits per heavy atom. The summed E-state index contributed by atoms with van der Waals surface area (Å²) in [6, 6.07) is 0. The third-order valence-corrected chi connectivity index (χ3v) is 1.99. The smallest absolute Gasteiger partial charge is 0.310 e. The first-order chi connectivity index (χ1) is 5.61. The highest BCUT2D eigenvalue weighted by Gasteiger charge is 2.27. The van der Waals surface area contributed by atoms with Crippen molar-refractivity contribution in [1.29, 1.82) is 0 Å². The van der Waals surface area contributed by atoms with E-state index < -0.39 is 23.8 Å². The molecule has 0 spiro atoms. The van der Waals surface area contributed by atoms with E-state index in [1.165, 1.54) is 0 Å². The molecule has 2 N–H and O–H groups in total. The molecule has 4 nitrogen and oxygen atoms in total. The van der Waals surface area contributed by atoms with Gasteiger partial charge in [0.05, 0.1) is 11.8 Å². The summed E-state index contributed by atoms with van der Waals surface area (Å²) in [5.74, 6) is -3.02.